The third-order valence-corrected chi connectivity index (χ3v) is 4.97. The molecule has 0 aliphatic carbocycles. The van der Waals surface area contributed by atoms with Crippen LogP contribution in [-0.2, 0) is 4.79 Å². The van der Waals surface area contributed by atoms with Crippen molar-refractivity contribution in [3.63, 3.8) is 0 Å². The molecular weight excluding hydrogens is 372 g/mol. The molecule has 1 aliphatic heterocycles. The standard InChI is InChI=1S/C18H25ClN4O4/c1-11(2)16(18(25)21-8-6-12-5-7-20-10-12)22-17(24)14-4-3-13(23(26)27)9-15(14)19/h3-4,9,11-12,16,20H,5-8,10H2,1-2H3,(H,21,25)(H,22,24). The zero-order chi connectivity index (χ0) is 20.0. The molecule has 8 nitrogen and oxygen atoms in total. The number of nitro benzene ring substituents is 1. The van der Waals surface area contributed by atoms with E-state index in [9.17, 15) is 19.7 Å². The third-order valence-electron chi connectivity index (χ3n) is 4.66. The molecule has 148 valence electrons. The van der Waals surface area contributed by atoms with Crippen molar-refractivity contribution < 1.29 is 14.5 Å². The summed E-state index contributed by atoms with van der Waals surface area (Å²) in [4.78, 5) is 35.2. The molecule has 0 spiro atoms. The maximum atomic E-state index is 12.5. The quantitative estimate of drug-likeness (QED) is 0.460. The normalized spacial score (nSPS) is 17.6. The average molecular weight is 397 g/mol. The topological polar surface area (TPSA) is 113 Å². The van der Waals surface area contributed by atoms with Crippen LogP contribution in [0.4, 0.5) is 5.69 Å². The van der Waals surface area contributed by atoms with E-state index in [1.165, 1.54) is 12.1 Å². The second kappa shape index (κ2) is 9.66. The predicted molar refractivity (Wildman–Crippen MR) is 103 cm³/mol. The largest absolute Gasteiger partial charge is 0.354 e. The van der Waals surface area contributed by atoms with Crippen LogP contribution in [-0.4, -0.2) is 42.4 Å². The van der Waals surface area contributed by atoms with Crippen molar-refractivity contribution in [2.75, 3.05) is 19.6 Å². The Balaban J connectivity index is 1.96. The molecule has 1 aliphatic rings. The molecule has 0 bridgehead atoms. The summed E-state index contributed by atoms with van der Waals surface area (Å²) in [6.45, 7) is 6.21. The summed E-state index contributed by atoms with van der Waals surface area (Å²) in [5, 5.41) is 19.6. The molecule has 9 heteroatoms. The lowest BCUT2D eigenvalue weighted by Gasteiger charge is -2.22. The molecule has 1 aromatic carbocycles. The maximum Gasteiger partial charge on any atom is 0.270 e. The van der Waals surface area contributed by atoms with Gasteiger partial charge in [0.05, 0.1) is 15.5 Å². The highest BCUT2D eigenvalue weighted by molar-refractivity contribution is 6.34. The Bertz CT molecular complexity index is 705. The van der Waals surface area contributed by atoms with E-state index >= 15 is 0 Å². The second-order valence-electron chi connectivity index (χ2n) is 7.05. The van der Waals surface area contributed by atoms with Crippen molar-refractivity contribution in [3.05, 3.63) is 38.9 Å². The predicted octanol–water partition coefficient (Wildman–Crippen LogP) is 2.12. The number of nitro groups is 1. The van der Waals surface area contributed by atoms with Crippen LogP contribution in [0, 0.1) is 22.0 Å². The van der Waals surface area contributed by atoms with Crippen molar-refractivity contribution >= 4 is 29.1 Å². The minimum Gasteiger partial charge on any atom is -0.354 e. The van der Waals surface area contributed by atoms with E-state index in [0.29, 0.717) is 12.5 Å². The molecule has 27 heavy (non-hydrogen) atoms. The highest BCUT2D eigenvalue weighted by atomic mass is 35.5. The molecule has 2 atom stereocenters. The van der Waals surface area contributed by atoms with Crippen LogP contribution >= 0.6 is 11.6 Å². The monoisotopic (exact) mass is 396 g/mol. The van der Waals surface area contributed by atoms with Gasteiger partial charge in [0.2, 0.25) is 5.91 Å². The highest BCUT2D eigenvalue weighted by Gasteiger charge is 2.26. The van der Waals surface area contributed by atoms with Gasteiger partial charge in [-0.05, 0) is 43.8 Å². The number of nitrogens with one attached hydrogen (secondary N) is 3. The Hall–Kier alpha value is -2.19. The molecule has 2 rings (SSSR count). The van der Waals surface area contributed by atoms with Crippen molar-refractivity contribution in [2.45, 2.75) is 32.7 Å². The fourth-order valence-corrected chi connectivity index (χ4v) is 3.29. The molecule has 1 fully saturated rings. The van der Waals surface area contributed by atoms with E-state index in [1.54, 1.807) is 0 Å². The number of halogens is 1. The van der Waals surface area contributed by atoms with Crippen LogP contribution in [0.5, 0.6) is 0 Å². The lowest BCUT2D eigenvalue weighted by Crippen LogP contribution is -2.50. The fourth-order valence-electron chi connectivity index (χ4n) is 3.03. The molecule has 1 saturated heterocycles. The number of amides is 2. The second-order valence-corrected chi connectivity index (χ2v) is 7.46. The van der Waals surface area contributed by atoms with Crippen molar-refractivity contribution in [3.8, 4) is 0 Å². The van der Waals surface area contributed by atoms with Gasteiger partial charge >= 0.3 is 0 Å². The first-order valence-corrected chi connectivity index (χ1v) is 9.40. The van der Waals surface area contributed by atoms with Crippen LogP contribution in [0.15, 0.2) is 18.2 Å². The van der Waals surface area contributed by atoms with Crippen molar-refractivity contribution in [1.82, 2.24) is 16.0 Å². The summed E-state index contributed by atoms with van der Waals surface area (Å²) in [7, 11) is 0. The van der Waals surface area contributed by atoms with E-state index in [1.807, 2.05) is 13.8 Å². The Labute approximate surface area is 163 Å². The summed E-state index contributed by atoms with van der Waals surface area (Å²) in [5.74, 6) is -0.346. The van der Waals surface area contributed by atoms with Gasteiger partial charge in [-0.25, -0.2) is 0 Å². The fraction of sp³-hybridized carbons (Fsp3) is 0.556. The summed E-state index contributed by atoms with van der Waals surface area (Å²) in [6, 6.07) is 2.90. The lowest BCUT2D eigenvalue weighted by atomic mass is 10.0. The molecule has 1 aromatic rings. The molecule has 1 heterocycles. The molecule has 3 N–H and O–H groups in total. The zero-order valence-electron chi connectivity index (χ0n) is 15.5. The molecule has 0 radical (unpaired) electrons. The summed E-state index contributed by atoms with van der Waals surface area (Å²) in [5.41, 5.74) is -0.103. The smallest absolute Gasteiger partial charge is 0.270 e. The highest BCUT2D eigenvalue weighted by Crippen LogP contribution is 2.22. The van der Waals surface area contributed by atoms with Gasteiger partial charge in [-0.15, -0.1) is 0 Å². The van der Waals surface area contributed by atoms with Gasteiger partial charge in [-0.1, -0.05) is 25.4 Å². The SMILES string of the molecule is CC(C)C(NC(=O)c1ccc([N+](=O)[O-])cc1Cl)C(=O)NCCC1CCNC1. The van der Waals surface area contributed by atoms with Crippen LogP contribution < -0.4 is 16.0 Å². The summed E-state index contributed by atoms with van der Waals surface area (Å²) in [6.07, 6.45) is 2.00. The van der Waals surface area contributed by atoms with Gasteiger partial charge in [-0.3, -0.25) is 19.7 Å². The zero-order valence-corrected chi connectivity index (χ0v) is 16.2. The van der Waals surface area contributed by atoms with Gasteiger partial charge in [0, 0.05) is 18.7 Å². The number of non-ortho nitro benzene ring substituents is 1. The van der Waals surface area contributed by atoms with Gasteiger partial charge < -0.3 is 16.0 Å². The van der Waals surface area contributed by atoms with E-state index in [0.717, 1.165) is 32.0 Å². The van der Waals surface area contributed by atoms with Crippen LogP contribution in [0.3, 0.4) is 0 Å². The number of hydrogen-bond donors (Lipinski definition) is 3. The third kappa shape index (κ3) is 5.90. The molecule has 2 amide bonds. The first-order chi connectivity index (χ1) is 12.8. The molecule has 2 unspecified atom stereocenters. The van der Waals surface area contributed by atoms with Gasteiger partial charge in [0.15, 0.2) is 0 Å². The van der Waals surface area contributed by atoms with E-state index < -0.39 is 16.9 Å². The average Bonchev–Trinajstić information content (AvgIpc) is 3.12. The van der Waals surface area contributed by atoms with E-state index in [4.69, 9.17) is 11.6 Å². The van der Waals surface area contributed by atoms with E-state index in [-0.39, 0.29) is 28.1 Å². The lowest BCUT2D eigenvalue weighted by molar-refractivity contribution is -0.384. The van der Waals surface area contributed by atoms with Crippen LogP contribution in [0.25, 0.3) is 0 Å². The number of rotatable bonds is 8. The number of carbonyl (C=O) groups is 2. The van der Waals surface area contributed by atoms with Crippen molar-refractivity contribution in [1.29, 1.82) is 0 Å². The molecule has 0 saturated carbocycles. The maximum absolute atomic E-state index is 12.5. The van der Waals surface area contributed by atoms with Crippen molar-refractivity contribution in [2.24, 2.45) is 11.8 Å². The summed E-state index contributed by atoms with van der Waals surface area (Å²) >= 11 is 6.00. The van der Waals surface area contributed by atoms with Gasteiger partial charge in [-0.2, -0.15) is 0 Å². The molecular formula is C18H25ClN4O4. The number of nitrogens with zero attached hydrogens (tertiary/aromatic N) is 1. The summed E-state index contributed by atoms with van der Waals surface area (Å²) < 4.78 is 0. The first-order valence-electron chi connectivity index (χ1n) is 9.02. The Morgan fingerprint density at radius 3 is 2.70 bits per heavy atom. The van der Waals surface area contributed by atoms with E-state index in [2.05, 4.69) is 16.0 Å². The van der Waals surface area contributed by atoms with Gasteiger partial charge in [0.1, 0.15) is 6.04 Å². The minimum atomic E-state index is -0.717. The number of carbonyl (C=O) groups excluding carboxylic acids is 2. The molecule has 0 aromatic heterocycles. The Morgan fingerprint density at radius 2 is 2.15 bits per heavy atom. The van der Waals surface area contributed by atoms with Gasteiger partial charge in [0.25, 0.3) is 11.6 Å². The Kier molecular flexibility index (Phi) is 7.55. The van der Waals surface area contributed by atoms with Crippen LogP contribution in [0.1, 0.15) is 37.0 Å². The Morgan fingerprint density at radius 1 is 1.41 bits per heavy atom. The van der Waals surface area contributed by atoms with Crippen LogP contribution in [0.2, 0.25) is 5.02 Å². The minimum absolute atomic E-state index is 0.0293. The number of hydrogen-bond acceptors (Lipinski definition) is 5. The number of benzene rings is 1. The first kappa shape index (κ1) is 21.1.